The van der Waals surface area contributed by atoms with Gasteiger partial charge in [-0.1, -0.05) is 13.8 Å². The smallest absolute Gasteiger partial charge is 0.177 e. The molecule has 0 amide bonds. The van der Waals surface area contributed by atoms with Gasteiger partial charge >= 0.3 is 0 Å². The number of hydrogen-bond acceptors (Lipinski definition) is 1. The molecule has 0 bridgehead atoms. The van der Waals surface area contributed by atoms with Gasteiger partial charge < -0.3 is 9.55 Å². The Labute approximate surface area is 84.0 Å². The fourth-order valence-corrected chi connectivity index (χ4v) is 2.08. The number of rotatable bonds is 3. The van der Waals surface area contributed by atoms with E-state index in [1.807, 2.05) is 12.4 Å². The largest absolute Gasteiger partial charge is 0.337 e. The van der Waals surface area contributed by atoms with Crippen LogP contribution in [0.2, 0.25) is 0 Å². The molecule has 2 nitrogen and oxygen atoms in total. The zero-order valence-corrected chi connectivity index (χ0v) is 9.03. The summed E-state index contributed by atoms with van der Waals surface area (Å²) in [5.41, 5.74) is 0.542. The number of aromatic nitrogens is 2. The van der Waals surface area contributed by atoms with Crippen LogP contribution in [0.3, 0.4) is 0 Å². The maximum atomic E-state index is 5.18. The molecule has 1 saturated carbocycles. The highest BCUT2D eigenvalue weighted by Gasteiger charge is 2.45. The van der Waals surface area contributed by atoms with E-state index in [4.69, 9.17) is 12.2 Å². The first-order chi connectivity index (χ1) is 6.14. The Morgan fingerprint density at radius 3 is 2.69 bits per heavy atom. The summed E-state index contributed by atoms with van der Waals surface area (Å²) in [4.78, 5) is 3.04. The van der Waals surface area contributed by atoms with Crippen LogP contribution in [0.25, 0.3) is 0 Å². The standard InChI is InChI=1S/C10H16N2S/c1-8(2)10(3-4-10)7-12-6-5-11-9(12)13/h5-6,8H,3-4,7H2,1-2H3,(H,11,13). The molecular formula is C10H16N2S. The van der Waals surface area contributed by atoms with E-state index < -0.39 is 0 Å². The summed E-state index contributed by atoms with van der Waals surface area (Å²) in [6.07, 6.45) is 6.68. The van der Waals surface area contributed by atoms with Crippen molar-refractivity contribution < 1.29 is 0 Å². The van der Waals surface area contributed by atoms with Crippen molar-refractivity contribution in [3.63, 3.8) is 0 Å². The summed E-state index contributed by atoms with van der Waals surface area (Å²) in [6, 6.07) is 0. The van der Waals surface area contributed by atoms with Gasteiger partial charge in [0, 0.05) is 18.9 Å². The van der Waals surface area contributed by atoms with Crippen molar-refractivity contribution in [3.8, 4) is 0 Å². The quantitative estimate of drug-likeness (QED) is 0.737. The summed E-state index contributed by atoms with van der Waals surface area (Å²) in [5.74, 6) is 0.768. The zero-order chi connectivity index (χ0) is 9.47. The first kappa shape index (κ1) is 9.00. The van der Waals surface area contributed by atoms with Crippen LogP contribution >= 0.6 is 12.2 Å². The molecule has 0 unspecified atom stereocenters. The van der Waals surface area contributed by atoms with Crippen molar-refractivity contribution >= 4 is 12.2 Å². The molecule has 1 heterocycles. The maximum Gasteiger partial charge on any atom is 0.177 e. The predicted octanol–water partition coefficient (Wildman–Crippen LogP) is 2.98. The van der Waals surface area contributed by atoms with E-state index in [0.717, 1.165) is 17.2 Å². The molecule has 1 aromatic rings. The first-order valence-corrected chi connectivity index (χ1v) is 5.29. The lowest BCUT2D eigenvalue weighted by Gasteiger charge is -2.19. The lowest BCUT2D eigenvalue weighted by molar-refractivity contribution is 0.307. The highest BCUT2D eigenvalue weighted by Crippen LogP contribution is 2.53. The van der Waals surface area contributed by atoms with Gasteiger partial charge in [-0.2, -0.15) is 0 Å². The van der Waals surface area contributed by atoms with Crippen LogP contribution in [0.1, 0.15) is 26.7 Å². The SMILES string of the molecule is CC(C)C1(Cn2cc[nH]c2=S)CC1. The van der Waals surface area contributed by atoms with E-state index in [-0.39, 0.29) is 0 Å². The van der Waals surface area contributed by atoms with Crippen LogP contribution in [0.4, 0.5) is 0 Å². The van der Waals surface area contributed by atoms with E-state index >= 15 is 0 Å². The van der Waals surface area contributed by atoms with Crippen LogP contribution < -0.4 is 0 Å². The molecule has 0 spiro atoms. The first-order valence-electron chi connectivity index (χ1n) is 4.88. The highest BCUT2D eigenvalue weighted by molar-refractivity contribution is 7.71. The number of H-pyrrole nitrogens is 1. The highest BCUT2D eigenvalue weighted by atomic mass is 32.1. The minimum absolute atomic E-state index is 0.542. The number of nitrogens with zero attached hydrogens (tertiary/aromatic N) is 1. The van der Waals surface area contributed by atoms with Crippen molar-refractivity contribution in [3.05, 3.63) is 17.2 Å². The summed E-state index contributed by atoms with van der Waals surface area (Å²) < 4.78 is 3.01. The van der Waals surface area contributed by atoms with E-state index in [9.17, 15) is 0 Å². The molecule has 0 saturated heterocycles. The number of hydrogen-bond donors (Lipinski definition) is 1. The van der Waals surface area contributed by atoms with Crippen LogP contribution in [-0.4, -0.2) is 9.55 Å². The number of imidazole rings is 1. The van der Waals surface area contributed by atoms with E-state index in [1.165, 1.54) is 12.8 Å². The lowest BCUT2D eigenvalue weighted by atomic mass is 9.92. The van der Waals surface area contributed by atoms with Crippen molar-refractivity contribution in [1.82, 2.24) is 9.55 Å². The van der Waals surface area contributed by atoms with E-state index in [0.29, 0.717) is 5.41 Å². The van der Waals surface area contributed by atoms with Crippen LogP contribution in [-0.2, 0) is 6.54 Å². The summed E-state index contributed by atoms with van der Waals surface area (Å²) in [6.45, 7) is 5.71. The molecule has 1 aliphatic rings. The number of aromatic amines is 1. The molecule has 1 fully saturated rings. The Hall–Kier alpha value is -0.570. The van der Waals surface area contributed by atoms with Gasteiger partial charge in [0.2, 0.25) is 0 Å². The molecule has 1 aliphatic carbocycles. The third kappa shape index (κ3) is 1.57. The maximum absolute atomic E-state index is 5.18. The molecule has 1 aromatic heterocycles. The van der Waals surface area contributed by atoms with Crippen molar-refractivity contribution in [2.24, 2.45) is 11.3 Å². The van der Waals surface area contributed by atoms with Gasteiger partial charge in [0.25, 0.3) is 0 Å². The second-order valence-corrected chi connectivity index (χ2v) is 4.80. The Kier molecular flexibility index (Phi) is 2.06. The normalized spacial score (nSPS) is 19.3. The molecular weight excluding hydrogens is 180 g/mol. The Morgan fingerprint density at radius 1 is 1.62 bits per heavy atom. The second-order valence-electron chi connectivity index (χ2n) is 4.41. The van der Waals surface area contributed by atoms with Gasteiger partial charge in [-0.25, -0.2) is 0 Å². The van der Waals surface area contributed by atoms with Crippen LogP contribution in [0.15, 0.2) is 12.4 Å². The van der Waals surface area contributed by atoms with Crippen molar-refractivity contribution in [1.29, 1.82) is 0 Å². The average Bonchev–Trinajstić information content (AvgIpc) is 2.74. The Bertz CT molecular complexity index is 344. The minimum Gasteiger partial charge on any atom is -0.337 e. The molecule has 0 atom stereocenters. The van der Waals surface area contributed by atoms with Gasteiger partial charge in [-0.3, -0.25) is 0 Å². The molecule has 2 rings (SSSR count). The van der Waals surface area contributed by atoms with Gasteiger partial charge in [0.1, 0.15) is 0 Å². The Morgan fingerprint density at radius 2 is 2.31 bits per heavy atom. The van der Waals surface area contributed by atoms with Gasteiger partial charge in [0.05, 0.1) is 0 Å². The van der Waals surface area contributed by atoms with Crippen LogP contribution in [0, 0.1) is 16.1 Å². The monoisotopic (exact) mass is 196 g/mol. The van der Waals surface area contributed by atoms with Crippen molar-refractivity contribution in [2.75, 3.05) is 0 Å². The summed E-state index contributed by atoms with van der Waals surface area (Å²) >= 11 is 5.18. The molecule has 72 valence electrons. The summed E-state index contributed by atoms with van der Waals surface area (Å²) in [5, 5.41) is 0. The fourth-order valence-electron chi connectivity index (χ4n) is 1.89. The molecule has 0 radical (unpaired) electrons. The second kappa shape index (κ2) is 2.98. The molecule has 13 heavy (non-hydrogen) atoms. The molecule has 3 heteroatoms. The van der Waals surface area contributed by atoms with Gasteiger partial charge in [0.15, 0.2) is 4.77 Å². The molecule has 0 aromatic carbocycles. The molecule has 1 N–H and O–H groups in total. The molecule has 0 aliphatic heterocycles. The van der Waals surface area contributed by atoms with Crippen LogP contribution in [0.5, 0.6) is 0 Å². The predicted molar refractivity (Wildman–Crippen MR) is 56.1 cm³/mol. The van der Waals surface area contributed by atoms with Gasteiger partial charge in [-0.15, -0.1) is 0 Å². The lowest BCUT2D eigenvalue weighted by Crippen LogP contribution is -2.17. The third-order valence-electron chi connectivity index (χ3n) is 3.32. The topological polar surface area (TPSA) is 20.7 Å². The van der Waals surface area contributed by atoms with Crippen molar-refractivity contribution in [2.45, 2.75) is 33.2 Å². The number of nitrogens with one attached hydrogen (secondary N) is 1. The van der Waals surface area contributed by atoms with Gasteiger partial charge in [-0.05, 0) is 36.4 Å². The van der Waals surface area contributed by atoms with E-state index in [2.05, 4.69) is 23.4 Å². The Balaban J connectivity index is 2.15. The zero-order valence-electron chi connectivity index (χ0n) is 8.21. The third-order valence-corrected chi connectivity index (χ3v) is 3.68. The van der Waals surface area contributed by atoms with E-state index in [1.54, 1.807) is 0 Å². The fraction of sp³-hybridized carbons (Fsp3) is 0.700. The minimum atomic E-state index is 0.542. The summed E-state index contributed by atoms with van der Waals surface area (Å²) in [7, 11) is 0. The average molecular weight is 196 g/mol.